The zero-order chi connectivity index (χ0) is 18.1. The van der Waals surface area contributed by atoms with Crippen molar-refractivity contribution < 1.29 is 9.59 Å². The minimum Gasteiger partial charge on any atom is -0.353 e. The van der Waals surface area contributed by atoms with Crippen molar-refractivity contribution in [3.63, 3.8) is 0 Å². The highest BCUT2D eigenvalue weighted by molar-refractivity contribution is 8.00. The molecule has 2 amide bonds. The van der Waals surface area contributed by atoms with Crippen LogP contribution in [-0.2, 0) is 9.59 Å². The summed E-state index contributed by atoms with van der Waals surface area (Å²) in [6.45, 7) is 2.48. The van der Waals surface area contributed by atoms with Gasteiger partial charge in [-0.1, -0.05) is 30.0 Å². The quantitative estimate of drug-likeness (QED) is 0.849. The summed E-state index contributed by atoms with van der Waals surface area (Å²) >= 11 is 1.53. The van der Waals surface area contributed by atoms with Crippen molar-refractivity contribution in [3.05, 3.63) is 36.0 Å². The number of anilines is 1. The summed E-state index contributed by atoms with van der Waals surface area (Å²) < 4.78 is 1.91. The predicted molar refractivity (Wildman–Crippen MR) is 102 cm³/mol. The van der Waals surface area contributed by atoms with Gasteiger partial charge in [0.2, 0.25) is 11.8 Å². The van der Waals surface area contributed by atoms with Crippen molar-refractivity contribution in [2.75, 3.05) is 17.2 Å². The predicted octanol–water partition coefficient (Wildman–Crippen LogP) is 2.68. The zero-order valence-corrected chi connectivity index (χ0v) is 15.6. The Morgan fingerprint density at radius 3 is 2.81 bits per heavy atom. The topological polar surface area (TPSA) is 67.2 Å². The number of carbonyl (C=O) groups excluding carboxylic acids is 2. The van der Waals surface area contributed by atoms with Crippen LogP contribution in [0.2, 0.25) is 0 Å². The minimum absolute atomic E-state index is 0.0841. The van der Waals surface area contributed by atoms with E-state index < -0.39 is 0 Å². The summed E-state index contributed by atoms with van der Waals surface area (Å²) in [4.78, 5) is 26.2. The summed E-state index contributed by atoms with van der Waals surface area (Å²) in [6.07, 6.45) is 3.29. The van der Waals surface area contributed by atoms with Gasteiger partial charge in [-0.15, -0.1) is 0 Å². The number of aryl methyl sites for hydroxylation is 1. The van der Waals surface area contributed by atoms with Gasteiger partial charge >= 0.3 is 0 Å². The lowest BCUT2D eigenvalue weighted by molar-refractivity contribution is -0.121. The number of hydrogen-bond acceptors (Lipinski definition) is 4. The molecule has 1 saturated carbocycles. The molecule has 4 rings (SSSR count). The van der Waals surface area contributed by atoms with Gasteiger partial charge in [0.1, 0.15) is 5.03 Å². The van der Waals surface area contributed by atoms with E-state index in [1.54, 1.807) is 4.90 Å². The molecule has 0 bridgehead atoms. The van der Waals surface area contributed by atoms with E-state index in [1.165, 1.54) is 11.8 Å². The third-order valence-corrected chi connectivity index (χ3v) is 5.65. The van der Waals surface area contributed by atoms with Crippen LogP contribution in [0, 0.1) is 6.92 Å². The van der Waals surface area contributed by atoms with Gasteiger partial charge in [-0.25, -0.2) is 4.68 Å². The zero-order valence-electron chi connectivity index (χ0n) is 14.8. The number of fused-ring (bicyclic) bond motifs is 1. The molecule has 2 heterocycles. The Bertz CT molecular complexity index is 830. The van der Waals surface area contributed by atoms with Crippen LogP contribution >= 0.6 is 11.8 Å². The Morgan fingerprint density at radius 2 is 2.08 bits per heavy atom. The highest BCUT2D eigenvalue weighted by Gasteiger charge is 2.31. The fraction of sp³-hybridized carbons (Fsp3) is 0.421. The van der Waals surface area contributed by atoms with Crippen molar-refractivity contribution in [3.8, 4) is 5.69 Å². The molecule has 0 atom stereocenters. The maximum Gasteiger partial charge on any atom is 0.237 e. The number of hydrogen-bond donors (Lipinski definition) is 1. The van der Waals surface area contributed by atoms with Gasteiger partial charge < -0.3 is 10.2 Å². The largest absolute Gasteiger partial charge is 0.353 e. The summed E-state index contributed by atoms with van der Waals surface area (Å²) in [7, 11) is 0. The van der Waals surface area contributed by atoms with Gasteiger partial charge in [0.15, 0.2) is 0 Å². The first-order valence-electron chi connectivity index (χ1n) is 9.01. The van der Waals surface area contributed by atoms with Crippen molar-refractivity contribution in [2.45, 2.75) is 43.7 Å². The molecule has 0 radical (unpaired) electrons. The molecule has 0 saturated heterocycles. The van der Waals surface area contributed by atoms with E-state index in [1.807, 2.05) is 41.9 Å². The average molecular weight is 370 g/mol. The van der Waals surface area contributed by atoms with Gasteiger partial charge in [0.05, 0.1) is 22.8 Å². The van der Waals surface area contributed by atoms with Crippen LogP contribution in [0.1, 0.15) is 31.4 Å². The number of benzene rings is 1. The maximum atomic E-state index is 12.5. The van der Waals surface area contributed by atoms with E-state index in [9.17, 15) is 9.59 Å². The number of nitrogens with zero attached hydrogens (tertiary/aromatic N) is 3. The molecule has 0 unspecified atom stereocenters. The molecule has 1 aromatic heterocycles. The number of aromatic nitrogens is 2. The fourth-order valence-corrected chi connectivity index (χ4v) is 4.26. The molecule has 2 aromatic rings. The summed E-state index contributed by atoms with van der Waals surface area (Å²) in [5.74, 6) is 0.572. The molecule has 1 N–H and O–H groups in total. The second-order valence-electron chi connectivity index (χ2n) is 6.77. The number of thioether (sulfide) groups is 1. The van der Waals surface area contributed by atoms with Crippen molar-refractivity contribution in [2.24, 2.45) is 0 Å². The molecule has 1 aliphatic carbocycles. The fourth-order valence-electron chi connectivity index (χ4n) is 3.18. The molecule has 7 heteroatoms. The molecule has 136 valence electrons. The molecule has 6 nitrogen and oxygen atoms in total. The van der Waals surface area contributed by atoms with Gasteiger partial charge in [-0.3, -0.25) is 9.59 Å². The molecular formula is C19H22N4O2S. The Balaban J connectivity index is 1.51. The van der Waals surface area contributed by atoms with Gasteiger partial charge in [0, 0.05) is 19.0 Å². The van der Waals surface area contributed by atoms with Crippen LogP contribution in [0.3, 0.4) is 0 Å². The second kappa shape index (κ2) is 7.15. The van der Waals surface area contributed by atoms with E-state index >= 15 is 0 Å². The number of amides is 2. The first kappa shape index (κ1) is 17.1. The van der Waals surface area contributed by atoms with Crippen LogP contribution in [-0.4, -0.2) is 39.9 Å². The molecule has 1 aliphatic heterocycles. The van der Waals surface area contributed by atoms with Gasteiger partial charge in [-0.2, -0.15) is 5.10 Å². The SMILES string of the molecule is Cc1nn(-c2ccccc2)c2c1N(CCCC(=O)NC1CC1)C(=O)CS2. The van der Waals surface area contributed by atoms with Gasteiger partial charge in [-0.05, 0) is 38.3 Å². The molecule has 2 aliphatic rings. The van der Waals surface area contributed by atoms with E-state index in [4.69, 9.17) is 0 Å². The second-order valence-corrected chi connectivity index (χ2v) is 7.73. The van der Waals surface area contributed by atoms with Crippen LogP contribution in [0.5, 0.6) is 0 Å². The standard InChI is InChI=1S/C19H22N4O2S/c1-13-18-19(23(21-13)15-6-3-2-4-7-15)26-12-17(25)22(18)11-5-8-16(24)20-14-9-10-14/h2-4,6-7,14H,5,8-12H2,1H3,(H,20,24). The van der Waals surface area contributed by atoms with E-state index in [0.29, 0.717) is 31.2 Å². The Labute approximate surface area is 156 Å². The van der Waals surface area contributed by atoms with E-state index in [0.717, 1.165) is 34.9 Å². The number of rotatable bonds is 6. The lowest BCUT2D eigenvalue weighted by atomic mass is 10.2. The molecule has 1 fully saturated rings. The molecule has 1 aromatic carbocycles. The van der Waals surface area contributed by atoms with E-state index in [2.05, 4.69) is 10.4 Å². The molecular weight excluding hydrogens is 348 g/mol. The maximum absolute atomic E-state index is 12.5. The third-order valence-electron chi connectivity index (χ3n) is 4.62. The van der Waals surface area contributed by atoms with Gasteiger partial charge in [0.25, 0.3) is 0 Å². The van der Waals surface area contributed by atoms with Crippen LogP contribution in [0.15, 0.2) is 35.4 Å². The normalized spacial score (nSPS) is 16.5. The Morgan fingerprint density at radius 1 is 1.31 bits per heavy atom. The van der Waals surface area contributed by atoms with Crippen molar-refractivity contribution >= 4 is 29.3 Å². The summed E-state index contributed by atoms with van der Waals surface area (Å²) in [5, 5.41) is 8.65. The molecule has 0 spiro atoms. The Hall–Kier alpha value is -2.28. The lowest BCUT2D eigenvalue weighted by Crippen LogP contribution is -2.37. The Kier molecular flexibility index (Phi) is 4.72. The van der Waals surface area contributed by atoms with Crippen molar-refractivity contribution in [1.82, 2.24) is 15.1 Å². The van der Waals surface area contributed by atoms with Crippen molar-refractivity contribution in [1.29, 1.82) is 0 Å². The first-order chi connectivity index (χ1) is 12.6. The minimum atomic E-state index is 0.0841. The monoisotopic (exact) mass is 370 g/mol. The average Bonchev–Trinajstić information content (AvgIpc) is 3.39. The van der Waals surface area contributed by atoms with Crippen LogP contribution < -0.4 is 10.2 Å². The number of para-hydroxylation sites is 1. The van der Waals surface area contributed by atoms with Crippen LogP contribution in [0.25, 0.3) is 5.69 Å². The summed E-state index contributed by atoms with van der Waals surface area (Å²) in [5.41, 5.74) is 2.71. The van der Waals surface area contributed by atoms with E-state index in [-0.39, 0.29) is 11.8 Å². The number of carbonyl (C=O) groups is 2. The highest BCUT2D eigenvalue weighted by atomic mass is 32.2. The molecule has 26 heavy (non-hydrogen) atoms. The highest BCUT2D eigenvalue weighted by Crippen LogP contribution is 2.39. The smallest absolute Gasteiger partial charge is 0.237 e. The third kappa shape index (κ3) is 3.49. The summed E-state index contributed by atoms with van der Waals surface area (Å²) in [6, 6.07) is 10.3. The first-order valence-corrected chi connectivity index (χ1v) is 9.99. The van der Waals surface area contributed by atoms with Crippen LogP contribution in [0.4, 0.5) is 5.69 Å². The lowest BCUT2D eigenvalue weighted by Gasteiger charge is -2.27. The number of nitrogens with one attached hydrogen (secondary N) is 1.